The summed E-state index contributed by atoms with van der Waals surface area (Å²) in [6.45, 7) is 0.0845. The third-order valence-electron chi connectivity index (χ3n) is 10.2. The number of fused-ring (bicyclic) bond motifs is 4. The largest absolute Gasteiger partial charge is 0.504 e. The number of nitrogens with zero attached hydrogens (tertiary/aromatic N) is 3. The molecule has 1 aromatic heterocycles. The molecule has 1 aliphatic heterocycles. The van der Waals surface area contributed by atoms with Gasteiger partial charge in [0.25, 0.3) is 0 Å². The van der Waals surface area contributed by atoms with Gasteiger partial charge in [-0.15, -0.1) is 0 Å². The molecule has 3 aliphatic rings. The maximum Gasteiger partial charge on any atom is 0.352 e. The second-order valence-corrected chi connectivity index (χ2v) is 12.4. The van der Waals surface area contributed by atoms with Gasteiger partial charge in [0.15, 0.2) is 23.1 Å². The second kappa shape index (κ2) is 11.1. The molecule has 2 aliphatic carbocycles. The Morgan fingerprint density at radius 2 is 1.48 bits per heavy atom. The molecule has 48 heavy (non-hydrogen) atoms. The van der Waals surface area contributed by atoms with E-state index in [4.69, 9.17) is 4.74 Å². The number of rotatable bonds is 5. The van der Waals surface area contributed by atoms with E-state index in [9.17, 15) is 19.5 Å². The molecule has 1 saturated carbocycles. The molecule has 5 aromatic rings. The number of carbonyl (C=O) groups is 2. The first-order valence-corrected chi connectivity index (χ1v) is 15.8. The Balaban J connectivity index is 1.43. The van der Waals surface area contributed by atoms with Crippen LogP contribution in [0.25, 0.3) is 11.3 Å². The lowest BCUT2D eigenvalue weighted by Gasteiger charge is -2.54. The number of aromatic hydroxyl groups is 1. The van der Waals surface area contributed by atoms with E-state index in [0.717, 1.165) is 10.1 Å². The summed E-state index contributed by atoms with van der Waals surface area (Å²) in [6.07, 6.45) is 3.48. The number of allylic oxidation sites excluding steroid dienone is 4. The van der Waals surface area contributed by atoms with Gasteiger partial charge in [0.2, 0.25) is 0 Å². The number of Topliss-reactive ketones (excluding diaryl/α,β-unsaturated/α-hetero) is 1. The highest BCUT2D eigenvalue weighted by molar-refractivity contribution is 6.31. The van der Waals surface area contributed by atoms with Gasteiger partial charge < -0.3 is 9.84 Å². The summed E-state index contributed by atoms with van der Waals surface area (Å²) in [6, 6.07) is 31.4. The summed E-state index contributed by atoms with van der Waals surface area (Å²) in [5.41, 5.74) is 0.921. The number of carbonyl (C=O) groups excluding carboxylic acids is 2. The van der Waals surface area contributed by atoms with Gasteiger partial charge in [0.05, 0.1) is 30.8 Å². The van der Waals surface area contributed by atoms with Crippen molar-refractivity contribution in [2.24, 2.45) is 5.92 Å². The van der Waals surface area contributed by atoms with E-state index in [1.54, 1.807) is 42.5 Å². The molecule has 2 heterocycles. The Hall–Kier alpha value is -5.96. The van der Waals surface area contributed by atoms with Crippen LogP contribution in [0.2, 0.25) is 0 Å². The van der Waals surface area contributed by atoms with Crippen molar-refractivity contribution < 1.29 is 19.4 Å². The topological polar surface area (TPSA) is 113 Å². The van der Waals surface area contributed by atoms with E-state index < -0.39 is 34.7 Å². The van der Waals surface area contributed by atoms with Crippen molar-refractivity contribution in [2.75, 3.05) is 7.11 Å². The fourth-order valence-electron chi connectivity index (χ4n) is 8.20. The first-order valence-electron chi connectivity index (χ1n) is 15.8. The molecule has 1 fully saturated rings. The molecule has 4 atom stereocenters. The van der Waals surface area contributed by atoms with E-state index >= 15 is 4.79 Å². The number of phenols is 1. The van der Waals surface area contributed by atoms with Crippen molar-refractivity contribution in [1.29, 1.82) is 0 Å². The minimum absolute atomic E-state index is 0.0845. The van der Waals surface area contributed by atoms with Gasteiger partial charge in [-0.2, -0.15) is 0 Å². The number of aromatic nitrogens is 3. The van der Waals surface area contributed by atoms with Crippen LogP contribution >= 0.6 is 0 Å². The van der Waals surface area contributed by atoms with Gasteiger partial charge in [0, 0.05) is 17.4 Å². The Labute approximate surface area is 275 Å². The van der Waals surface area contributed by atoms with Gasteiger partial charge in [-0.25, -0.2) is 23.5 Å². The van der Waals surface area contributed by atoms with Crippen LogP contribution in [0.1, 0.15) is 35.1 Å². The number of hydrogen-bond acceptors (Lipinski definition) is 6. The zero-order valence-corrected chi connectivity index (χ0v) is 26.0. The SMILES string of the molecule is COc1ccc([C@H]2C3=CCn4c(=O)n(-c5ccccc5)c(=O)n4[C@@H]3C[C@H]3C(=O)C(c4ccccc4)=CC(=O)[C@@]23c2ccccc2)cc1O. The minimum atomic E-state index is -1.41. The van der Waals surface area contributed by atoms with E-state index in [-0.39, 0.29) is 36.0 Å². The number of phenolic OH excluding ortho intramolecular Hbond substituents is 1. The predicted octanol–water partition coefficient (Wildman–Crippen LogP) is 4.97. The van der Waals surface area contributed by atoms with Crippen LogP contribution in [0.15, 0.2) is 137 Å². The monoisotopic (exact) mass is 637 g/mol. The Bertz CT molecular complexity index is 2280. The number of para-hydroxylation sites is 1. The minimum Gasteiger partial charge on any atom is -0.504 e. The standard InChI is InChI=1S/C39H31N3O6/c1-48-33-18-17-25(21-32(33)43)35-28-19-20-40-37(46)41(27-15-9-4-10-16-27)38(47)42(40)31(28)23-30-36(45)29(24-11-5-2-6-12-24)22-34(44)39(30,35)26-13-7-3-8-14-26/h2-19,21-22,30-31,35,43H,20,23H2,1H3/t30-,31+,35-,39-/m0/s1. The van der Waals surface area contributed by atoms with E-state index in [1.807, 2.05) is 72.8 Å². The quantitative estimate of drug-likeness (QED) is 0.273. The summed E-state index contributed by atoms with van der Waals surface area (Å²) < 4.78 is 9.36. The summed E-state index contributed by atoms with van der Waals surface area (Å²) in [5.74, 6) is -2.02. The summed E-state index contributed by atoms with van der Waals surface area (Å²) in [5, 5.41) is 11.0. The molecular weight excluding hydrogens is 606 g/mol. The molecule has 1 N–H and O–H groups in total. The highest BCUT2D eigenvalue weighted by Gasteiger charge is 2.63. The molecule has 8 rings (SSSR count). The highest BCUT2D eigenvalue weighted by atomic mass is 16.5. The average Bonchev–Trinajstić information content (AvgIpc) is 3.38. The lowest BCUT2D eigenvalue weighted by atomic mass is 9.47. The molecule has 0 bridgehead atoms. The molecule has 0 radical (unpaired) electrons. The maximum atomic E-state index is 15.0. The molecule has 0 unspecified atom stereocenters. The molecule has 9 heteroatoms. The zero-order chi connectivity index (χ0) is 33.2. The van der Waals surface area contributed by atoms with Crippen molar-refractivity contribution in [3.8, 4) is 17.2 Å². The van der Waals surface area contributed by atoms with Gasteiger partial charge in [0.1, 0.15) is 0 Å². The molecular formula is C39H31N3O6. The fourth-order valence-corrected chi connectivity index (χ4v) is 8.20. The van der Waals surface area contributed by atoms with Crippen LogP contribution in [0.4, 0.5) is 0 Å². The summed E-state index contributed by atoms with van der Waals surface area (Å²) in [4.78, 5) is 58.0. The number of hydrogen-bond donors (Lipinski definition) is 1. The molecule has 4 aromatic carbocycles. The van der Waals surface area contributed by atoms with Crippen LogP contribution in [0, 0.1) is 5.92 Å². The van der Waals surface area contributed by atoms with Gasteiger partial charge in [-0.1, -0.05) is 91.0 Å². The average molecular weight is 638 g/mol. The number of ether oxygens (including phenoxy) is 1. The molecule has 238 valence electrons. The van der Waals surface area contributed by atoms with Crippen LogP contribution in [0.5, 0.6) is 11.5 Å². The molecule has 0 saturated heterocycles. The molecule has 0 spiro atoms. The van der Waals surface area contributed by atoms with Crippen LogP contribution < -0.4 is 16.1 Å². The van der Waals surface area contributed by atoms with Gasteiger partial charge >= 0.3 is 11.4 Å². The fraction of sp³-hybridized carbons (Fsp3) is 0.179. The van der Waals surface area contributed by atoms with Crippen molar-refractivity contribution >= 4 is 17.1 Å². The Morgan fingerprint density at radius 1 is 0.812 bits per heavy atom. The lowest BCUT2D eigenvalue weighted by Crippen LogP contribution is -2.58. The second-order valence-electron chi connectivity index (χ2n) is 12.4. The Kier molecular flexibility index (Phi) is 6.80. The summed E-state index contributed by atoms with van der Waals surface area (Å²) in [7, 11) is 1.46. The van der Waals surface area contributed by atoms with Gasteiger partial charge in [-0.05, 0) is 59.0 Å². The summed E-state index contributed by atoms with van der Waals surface area (Å²) >= 11 is 0. The van der Waals surface area contributed by atoms with Gasteiger partial charge in [-0.3, -0.25) is 9.59 Å². The van der Waals surface area contributed by atoms with E-state index in [1.165, 1.54) is 22.5 Å². The van der Waals surface area contributed by atoms with E-state index in [0.29, 0.717) is 28.0 Å². The molecule has 0 amide bonds. The smallest absolute Gasteiger partial charge is 0.352 e. The normalized spacial score (nSPS) is 23.0. The van der Waals surface area contributed by atoms with Crippen molar-refractivity contribution in [1.82, 2.24) is 13.9 Å². The third kappa shape index (κ3) is 4.10. The predicted molar refractivity (Wildman–Crippen MR) is 179 cm³/mol. The Morgan fingerprint density at radius 3 is 2.15 bits per heavy atom. The maximum absolute atomic E-state index is 15.0. The van der Waals surface area contributed by atoms with Crippen LogP contribution in [-0.2, 0) is 21.5 Å². The molecule has 9 nitrogen and oxygen atoms in total. The lowest BCUT2D eigenvalue weighted by molar-refractivity contribution is -0.133. The van der Waals surface area contributed by atoms with Crippen molar-refractivity contribution in [3.05, 3.63) is 165 Å². The van der Waals surface area contributed by atoms with Crippen molar-refractivity contribution in [3.63, 3.8) is 0 Å². The number of methoxy groups -OCH3 is 1. The van der Waals surface area contributed by atoms with Crippen molar-refractivity contribution in [2.45, 2.75) is 30.3 Å². The van der Waals surface area contributed by atoms with Crippen LogP contribution in [-0.4, -0.2) is 37.7 Å². The zero-order valence-electron chi connectivity index (χ0n) is 26.0. The third-order valence-corrected chi connectivity index (χ3v) is 10.2. The number of ketones is 2. The van der Waals surface area contributed by atoms with Crippen LogP contribution in [0.3, 0.4) is 0 Å². The number of benzene rings is 4. The first kappa shape index (κ1) is 29.4. The highest BCUT2D eigenvalue weighted by Crippen LogP contribution is 2.61. The first-order chi connectivity index (χ1) is 23.4. The van der Waals surface area contributed by atoms with E-state index in [2.05, 4.69) is 0 Å².